The van der Waals surface area contributed by atoms with Crippen molar-refractivity contribution in [2.75, 3.05) is 13.1 Å². The second-order valence-electron chi connectivity index (χ2n) is 4.74. The van der Waals surface area contributed by atoms with Gasteiger partial charge in [-0.15, -0.1) is 0 Å². The first kappa shape index (κ1) is 17.2. The molecule has 0 saturated heterocycles. The predicted octanol–water partition coefficient (Wildman–Crippen LogP) is 1.03. The van der Waals surface area contributed by atoms with Crippen LogP contribution in [0.25, 0.3) is 0 Å². The molecule has 0 aliphatic heterocycles. The zero-order chi connectivity index (χ0) is 15.0. The summed E-state index contributed by atoms with van der Waals surface area (Å²) in [5.74, 6) is -1.00. The van der Waals surface area contributed by atoms with Crippen molar-refractivity contribution in [3.63, 3.8) is 0 Å². The molecular weight excluding hydrogens is 248 g/mol. The summed E-state index contributed by atoms with van der Waals surface area (Å²) >= 11 is 0. The van der Waals surface area contributed by atoms with E-state index in [2.05, 4.69) is 11.9 Å². The topological polar surface area (TPSA) is 75.7 Å². The third kappa shape index (κ3) is 7.96. The standard InChI is InChI=1S/C13H22N2O4/c1-9(2)8-12(17)15(7-6-14-11(5)16)19-13(18)10(3)4/h9H,3,6-8H2,1-2,4-5H3,(H,14,16). The van der Waals surface area contributed by atoms with Gasteiger partial charge in [0.25, 0.3) is 5.91 Å². The highest BCUT2D eigenvalue weighted by atomic mass is 16.7. The van der Waals surface area contributed by atoms with Gasteiger partial charge in [-0.3, -0.25) is 9.59 Å². The number of rotatable bonds is 6. The molecule has 0 saturated carbocycles. The highest BCUT2D eigenvalue weighted by molar-refractivity contribution is 5.88. The van der Waals surface area contributed by atoms with Crippen molar-refractivity contribution in [2.45, 2.75) is 34.1 Å². The van der Waals surface area contributed by atoms with Gasteiger partial charge in [0.05, 0.1) is 6.54 Å². The van der Waals surface area contributed by atoms with E-state index in [1.54, 1.807) is 0 Å². The summed E-state index contributed by atoms with van der Waals surface area (Å²) in [4.78, 5) is 39.0. The molecule has 0 spiro atoms. The number of carbonyl (C=O) groups excluding carboxylic acids is 3. The summed E-state index contributed by atoms with van der Waals surface area (Å²) in [6.07, 6.45) is 0.267. The number of nitrogens with zero attached hydrogens (tertiary/aromatic N) is 1. The quantitative estimate of drug-likeness (QED) is 0.578. The number of hydrogen-bond donors (Lipinski definition) is 1. The van der Waals surface area contributed by atoms with Crippen molar-refractivity contribution in [3.05, 3.63) is 12.2 Å². The molecule has 0 unspecified atom stereocenters. The Morgan fingerprint density at radius 2 is 1.84 bits per heavy atom. The summed E-state index contributed by atoms with van der Waals surface area (Å²) < 4.78 is 0. The highest BCUT2D eigenvalue weighted by Crippen LogP contribution is 2.06. The van der Waals surface area contributed by atoms with E-state index >= 15 is 0 Å². The van der Waals surface area contributed by atoms with Gasteiger partial charge in [-0.25, -0.2) is 4.79 Å². The van der Waals surface area contributed by atoms with Gasteiger partial charge in [0.1, 0.15) is 0 Å². The largest absolute Gasteiger partial charge is 0.358 e. The number of hydrogen-bond acceptors (Lipinski definition) is 4. The molecule has 0 aromatic heterocycles. The molecule has 108 valence electrons. The van der Waals surface area contributed by atoms with Crippen molar-refractivity contribution in [3.8, 4) is 0 Å². The molecule has 1 N–H and O–H groups in total. The minimum absolute atomic E-state index is 0.115. The third-order valence-electron chi connectivity index (χ3n) is 2.09. The van der Waals surface area contributed by atoms with Crippen LogP contribution >= 0.6 is 0 Å². The Morgan fingerprint density at radius 1 is 1.26 bits per heavy atom. The van der Waals surface area contributed by atoms with Gasteiger partial charge in [0, 0.05) is 25.5 Å². The Hall–Kier alpha value is -1.85. The summed E-state index contributed by atoms with van der Waals surface area (Å²) in [6, 6.07) is 0. The lowest BCUT2D eigenvalue weighted by Gasteiger charge is -2.22. The maximum absolute atomic E-state index is 11.9. The second-order valence-corrected chi connectivity index (χ2v) is 4.74. The molecule has 2 amide bonds. The Bertz CT molecular complexity index is 364. The molecule has 0 radical (unpaired) electrons. The zero-order valence-electron chi connectivity index (χ0n) is 12.0. The average molecular weight is 270 g/mol. The van der Waals surface area contributed by atoms with Crippen LogP contribution in [0.2, 0.25) is 0 Å². The molecule has 0 rings (SSSR count). The van der Waals surface area contributed by atoms with Gasteiger partial charge < -0.3 is 10.2 Å². The van der Waals surface area contributed by atoms with Crippen LogP contribution in [0, 0.1) is 5.92 Å². The number of hydroxylamine groups is 2. The van der Waals surface area contributed by atoms with E-state index in [0.29, 0.717) is 0 Å². The molecule has 0 aliphatic carbocycles. The fraction of sp³-hybridized carbons (Fsp3) is 0.615. The lowest BCUT2D eigenvalue weighted by atomic mass is 10.1. The molecule has 0 aliphatic rings. The van der Waals surface area contributed by atoms with E-state index in [1.165, 1.54) is 13.8 Å². The third-order valence-corrected chi connectivity index (χ3v) is 2.09. The van der Waals surface area contributed by atoms with Crippen LogP contribution in [0.1, 0.15) is 34.1 Å². The Labute approximate surface area is 113 Å². The van der Waals surface area contributed by atoms with E-state index in [9.17, 15) is 14.4 Å². The molecule has 0 aromatic rings. The van der Waals surface area contributed by atoms with Crippen LogP contribution in [0.4, 0.5) is 0 Å². The van der Waals surface area contributed by atoms with E-state index in [0.717, 1.165) is 5.06 Å². The predicted molar refractivity (Wildman–Crippen MR) is 70.8 cm³/mol. The maximum atomic E-state index is 11.9. The molecule has 0 aromatic carbocycles. The van der Waals surface area contributed by atoms with E-state index in [1.807, 2.05) is 13.8 Å². The van der Waals surface area contributed by atoms with Gasteiger partial charge in [-0.05, 0) is 12.8 Å². The lowest BCUT2D eigenvalue weighted by molar-refractivity contribution is -0.195. The molecule has 0 fully saturated rings. The van der Waals surface area contributed by atoms with Crippen LogP contribution < -0.4 is 5.32 Å². The summed E-state index contributed by atoms with van der Waals surface area (Å²) in [5, 5.41) is 3.52. The summed E-state index contributed by atoms with van der Waals surface area (Å²) in [6.45, 7) is 10.5. The van der Waals surface area contributed by atoms with Crippen LogP contribution in [0.15, 0.2) is 12.2 Å². The second kappa shape index (κ2) is 8.29. The van der Waals surface area contributed by atoms with Crippen molar-refractivity contribution in [1.29, 1.82) is 0 Å². The monoisotopic (exact) mass is 270 g/mol. The van der Waals surface area contributed by atoms with Gasteiger partial charge in [-0.2, -0.15) is 5.06 Å². The van der Waals surface area contributed by atoms with E-state index in [4.69, 9.17) is 4.84 Å². The summed E-state index contributed by atoms with van der Waals surface area (Å²) in [7, 11) is 0. The SMILES string of the molecule is C=C(C)C(=O)ON(CCNC(C)=O)C(=O)CC(C)C. The van der Waals surface area contributed by atoms with Crippen LogP contribution in [0.5, 0.6) is 0 Å². The fourth-order valence-corrected chi connectivity index (χ4v) is 1.18. The van der Waals surface area contributed by atoms with Crippen LogP contribution in [-0.2, 0) is 19.2 Å². The van der Waals surface area contributed by atoms with Gasteiger partial charge >= 0.3 is 5.97 Å². The molecule has 19 heavy (non-hydrogen) atoms. The Morgan fingerprint density at radius 3 is 2.26 bits per heavy atom. The van der Waals surface area contributed by atoms with Crippen molar-refractivity contribution < 1.29 is 19.2 Å². The number of amides is 2. The van der Waals surface area contributed by atoms with E-state index in [-0.39, 0.29) is 42.8 Å². The van der Waals surface area contributed by atoms with Crippen molar-refractivity contribution in [1.82, 2.24) is 10.4 Å². The normalized spacial score (nSPS) is 9.95. The van der Waals surface area contributed by atoms with Crippen molar-refractivity contribution >= 4 is 17.8 Å². The molecule has 0 atom stereocenters. The Balaban J connectivity index is 4.53. The minimum Gasteiger partial charge on any atom is -0.354 e. The first-order valence-corrected chi connectivity index (χ1v) is 6.16. The molecule has 6 nitrogen and oxygen atoms in total. The van der Waals surface area contributed by atoms with Crippen molar-refractivity contribution in [2.24, 2.45) is 5.92 Å². The lowest BCUT2D eigenvalue weighted by Crippen LogP contribution is -2.40. The molecular formula is C13H22N2O4. The average Bonchev–Trinajstić information content (AvgIpc) is 2.25. The van der Waals surface area contributed by atoms with Crippen LogP contribution in [0.3, 0.4) is 0 Å². The smallest absolute Gasteiger partial charge is 0.354 e. The molecule has 0 bridgehead atoms. The van der Waals surface area contributed by atoms with Gasteiger partial charge in [0.2, 0.25) is 5.91 Å². The van der Waals surface area contributed by atoms with Gasteiger partial charge in [-0.1, -0.05) is 20.4 Å². The molecule has 6 heteroatoms. The van der Waals surface area contributed by atoms with Crippen LogP contribution in [-0.4, -0.2) is 35.9 Å². The first-order chi connectivity index (χ1) is 8.73. The summed E-state index contributed by atoms with van der Waals surface area (Å²) in [5.41, 5.74) is 0.210. The number of carbonyl (C=O) groups is 3. The Kier molecular flexibility index (Phi) is 7.48. The molecule has 0 heterocycles. The maximum Gasteiger partial charge on any atom is 0.358 e. The van der Waals surface area contributed by atoms with E-state index < -0.39 is 5.97 Å². The van der Waals surface area contributed by atoms with Gasteiger partial charge in [0.15, 0.2) is 0 Å². The first-order valence-electron chi connectivity index (χ1n) is 6.16. The highest BCUT2D eigenvalue weighted by Gasteiger charge is 2.19. The minimum atomic E-state index is -0.653. The fourth-order valence-electron chi connectivity index (χ4n) is 1.18. The number of nitrogens with one attached hydrogen (secondary N) is 1. The zero-order valence-corrected chi connectivity index (χ0v) is 12.0.